The van der Waals surface area contributed by atoms with Crippen LogP contribution in [0.4, 0.5) is 0 Å². The molecule has 6 heteroatoms. The van der Waals surface area contributed by atoms with Crippen molar-refractivity contribution in [3.8, 4) is 0 Å². The number of rotatable bonds is 5. The van der Waals surface area contributed by atoms with Gasteiger partial charge in [-0.3, -0.25) is 4.79 Å². The molecule has 3 N–H and O–H groups in total. The van der Waals surface area contributed by atoms with Crippen molar-refractivity contribution < 1.29 is 18.3 Å². The molecule has 0 amide bonds. The highest BCUT2D eigenvalue weighted by atomic mass is 32.2. The first-order valence-electron chi connectivity index (χ1n) is 6.00. The van der Waals surface area contributed by atoms with Crippen LogP contribution in [0.1, 0.15) is 30.0 Å². The smallest absolute Gasteiger partial charge is 0.325 e. The van der Waals surface area contributed by atoms with E-state index in [-0.39, 0.29) is 11.2 Å². The molecule has 0 aromatic heterocycles. The van der Waals surface area contributed by atoms with Crippen molar-refractivity contribution in [2.45, 2.75) is 24.3 Å². The first-order chi connectivity index (χ1) is 8.73. The molecular weight excluding hydrogens is 266 g/mol. The molecule has 2 rings (SSSR count). The average molecular weight is 283 g/mol. The molecule has 0 heterocycles. The van der Waals surface area contributed by atoms with Crippen LogP contribution in [0.5, 0.6) is 0 Å². The van der Waals surface area contributed by atoms with Crippen LogP contribution in [0.3, 0.4) is 0 Å². The normalized spacial score (nSPS) is 18.8. The van der Waals surface area contributed by atoms with Crippen LogP contribution in [0.2, 0.25) is 0 Å². The fraction of sp³-hybridized carbons (Fsp3) is 0.462. The predicted molar refractivity (Wildman–Crippen MR) is 71.6 cm³/mol. The maximum absolute atomic E-state index is 11.4. The van der Waals surface area contributed by atoms with Crippen molar-refractivity contribution in [2.24, 2.45) is 5.73 Å². The molecule has 104 valence electrons. The Morgan fingerprint density at radius 3 is 2.26 bits per heavy atom. The molecule has 1 saturated carbocycles. The van der Waals surface area contributed by atoms with Crippen LogP contribution in [0, 0.1) is 0 Å². The zero-order valence-corrected chi connectivity index (χ0v) is 11.5. The van der Waals surface area contributed by atoms with Gasteiger partial charge in [0.15, 0.2) is 0 Å². The van der Waals surface area contributed by atoms with Crippen LogP contribution >= 0.6 is 0 Å². The number of hydrogen-bond donors (Lipinski definition) is 2. The molecule has 1 atom stereocenters. The minimum absolute atomic E-state index is 0.143. The van der Waals surface area contributed by atoms with E-state index in [9.17, 15) is 13.2 Å². The lowest BCUT2D eigenvalue weighted by Gasteiger charge is -2.15. The van der Waals surface area contributed by atoms with Crippen LogP contribution in [-0.4, -0.2) is 31.5 Å². The van der Waals surface area contributed by atoms with E-state index in [1.54, 1.807) is 24.3 Å². The molecule has 0 spiro atoms. The molecule has 5 nitrogen and oxygen atoms in total. The summed E-state index contributed by atoms with van der Waals surface area (Å²) in [4.78, 5) is 10.8. The van der Waals surface area contributed by atoms with Gasteiger partial charge in [-0.2, -0.15) is 0 Å². The van der Waals surface area contributed by atoms with Crippen LogP contribution < -0.4 is 5.73 Å². The standard InChI is InChI=1S/C13H17NO4S/c1-19(17,18)8-13(6-7-13)10-4-2-9(3-5-10)11(14)12(15)16/h2-5,11H,6-8,14H2,1H3,(H,15,16). The predicted octanol–water partition coefficient (Wildman–Crippen LogP) is 0.847. The second-order valence-corrected chi connectivity index (χ2v) is 7.43. The van der Waals surface area contributed by atoms with Crippen LogP contribution in [0.15, 0.2) is 24.3 Å². The van der Waals surface area contributed by atoms with E-state index < -0.39 is 21.8 Å². The number of aliphatic carboxylic acids is 1. The van der Waals surface area contributed by atoms with Crippen molar-refractivity contribution in [1.29, 1.82) is 0 Å². The highest BCUT2D eigenvalue weighted by Gasteiger charge is 2.46. The van der Waals surface area contributed by atoms with Gasteiger partial charge in [-0.25, -0.2) is 8.42 Å². The number of carbonyl (C=O) groups is 1. The Hall–Kier alpha value is -1.40. The summed E-state index contributed by atoms with van der Waals surface area (Å²) in [7, 11) is -3.03. The van der Waals surface area contributed by atoms with Gasteiger partial charge < -0.3 is 10.8 Å². The van der Waals surface area contributed by atoms with Gasteiger partial charge in [0.2, 0.25) is 0 Å². The second-order valence-electron chi connectivity index (χ2n) is 5.29. The van der Waals surface area contributed by atoms with E-state index in [1.165, 1.54) is 6.26 Å². The average Bonchev–Trinajstić information content (AvgIpc) is 3.06. The van der Waals surface area contributed by atoms with E-state index >= 15 is 0 Å². The molecular formula is C13H17NO4S. The quantitative estimate of drug-likeness (QED) is 0.834. The van der Waals surface area contributed by atoms with Crippen molar-refractivity contribution >= 4 is 15.8 Å². The van der Waals surface area contributed by atoms with Gasteiger partial charge in [-0.1, -0.05) is 24.3 Å². The minimum Gasteiger partial charge on any atom is -0.480 e. The van der Waals surface area contributed by atoms with Gasteiger partial charge in [-0.15, -0.1) is 0 Å². The highest BCUT2D eigenvalue weighted by molar-refractivity contribution is 7.90. The molecule has 1 aromatic rings. The van der Waals surface area contributed by atoms with Crippen LogP contribution in [-0.2, 0) is 20.0 Å². The molecule has 1 aliphatic rings. The third-order valence-electron chi connectivity index (χ3n) is 3.54. The summed E-state index contributed by atoms with van der Waals surface area (Å²) in [5.41, 5.74) is 6.70. The number of carboxylic acid groups (broad SMARTS) is 1. The van der Waals surface area contributed by atoms with E-state index in [2.05, 4.69) is 0 Å². The molecule has 1 fully saturated rings. The van der Waals surface area contributed by atoms with Gasteiger partial charge in [0.25, 0.3) is 0 Å². The van der Waals surface area contributed by atoms with Gasteiger partial charge in [0.05, 0.1) is 5.75 Å². The van der Waals surface area contributed by atoms with Crippen molar-refractivity contribution in [1.82, 2.24) is 0 Å². The highest BCUT2D eigenvalue weighted by Crippen LogP contribution is 2.49. The largest absolute Gasteiger partial charge is 0.480 e. The Balaban J connectivity index is 2.22. The summed E-state index contributed by atoms with van der Waals surface area (Å²) in [5, 5.41) is 8.83. The number of benzene rings is 1. The van der Waals surface area contributed by atoms with Gasteiger partial charge in [-0.05, 0) is 24.0 Å². The summed E-state index contributed by atoms with van der Waals surface area (Å²) in [6, 6.07) is 5.86. The topological polar surface area (TPSA) is 97.5 Å². The first-order valence-corrected chi connectivity index (χ1v) is 8.06. The van der Waals surface area contributed by atoms with E-state index in [4.69, 9.17) is 10.8 Å². The maximum atomic E-state index is 11.4. The summed E-state index contributed by atoms with van der Waals surface area (Å²) in [6.45, 7) is 0. The Labute approximate surface area is 112 Å². The number of nitrogens with two attached hydrogens (primary N) is 1. The zero-order valence-electron chi connectivity index (χ0n) is 10.7. The molecule has 0 saturated heterocycles. The molecule has 1 unspecified atom stereocenters. The summed E-state index contributed by atoms with van der Waals surface area (Å²) < 4.78 is 22.9. The molecule has 1 aromatic carbocycles. The summed E-state index contributed by atoms with van der Waals surface area (Å²) in [5.74, 6) is -0.935. The summed E-state index contributed by atoms with van der Waals surface area (Å²) >= 11 is 0. The number of sulfone groups is 1. The van der Waals surface area contributed by atoms with Crippen LogP contribution in [0.25, 0.3) is 0 Å². The number of carboxylic acids is 1. The monoisotopic (exact) mass is 283 g/mol. The maximum Gasteiger partial charge on any atom is 0.325 e. The Morgan fingerprint density at radius 1 is 1.37 bits per heavy atom. The van der Waals surface area contributed by atoms with Crippen molar-refractivity contribution in [3.63, 3.8) is 0 Å². The van der Waals surface area contributed by atoms with Crippen molar-refractivity contribution in [3.05, 3.63) is 35.4 Å². The lowest BCUT2D eigenvalue weighted by atomic mass is 9.95. The molecule has 19 heavy (non-hydrogen) atoms. The van der Waals surface area contributed by atoms with E-state index in [0.29, 0.717) is 5.56 Å². The van der Waals surface area contributed by atoms with Gasteiger partial charge in [0.1, 0.15) is 15.9 Å². The summed E-state index contributed by atoms with van der Waals surface area (Å²) in [6.07, 6.45) is 2.94. The van der Waals surface area contributed by atoms with E-state index in [1.807, 2.05) is 0 Å². The SMILES string of the molecule is CS(=O)(=O)CC1(c2ccc(C(N)C(=O)O)cc2)CC1. The third kappa shape index (κ3) is 3.13. The molecule has 0 aliphatic heterocycles. The first kappa shape index (κ1) is 14.0. The van der Waals surface area contributed by atoms with E-state index in [0.717, 1.165) is 18.4 Å². The lowest BCUT2D eigenvalue weighted by Crippen LogP contribution is -2.22. The number of hydrogen-bond acceptors (Lipinski definition) is 4. The van der Waals surface area contributed by atoms with Gasteiger partial charge in [0, 0.05) is 11.7 Å². The Morgan fingerprint density at radius 2 is 1.89 bits per heavy atom. The minimum atomic E-state index is -3.03. The molecule has 0 bridgehead atoms. The second kappa shape index (κ2) is 4.61. The fourth-order valence-electron chi connectivity index (χ4n) is 2.36. The zero-order chi connectivity index (χ0) is 14.3. The molecule has 0 radical (unpaired) electrons. The lowest BCUT2D eigenvalue weighted by molar-refractivity contribution is -0.138. The molecule has 1 aliphatic carbocycles. The third-order valence-corrected chi connectivity index (χ3v) is 4.62. The van der Waals surface area contributed by atoms with Gasteiger partial charge >= 0.3 is 5.97 Å². The fourth-order valence-corrected chi connectivity index (χ4v) is 3.81. The Kier molecular flexibility index (Phi) is 3.40. The Bertz CT molecular complexity index is 588. The van der Waals surface area contributed by atoms with Crippen molar-refractivity contribution in [2.75, 3.05) is 12.0 Å².